The molecule has 0 saturated carbocycles. The predicted octanol–water partition coefficient (Wildman–Crippen LogP) is 3.80. The maximum atomic E-state index is 5.43. The third kappa shape index (κ3) is 5.24. The number of aromatic amines is 1. The standard InChI is InChI=1S/C17H27N3O3Si/c1-21-24(22-2,23-3)13-9-7-5-4-6-8-10-15-11-12-16-17(14-15)19-20-18-16/h8,10-12,14H,4-7,9,13H2,1-3H3,(H,18,19,20)/b10-8+. The van der Waals surface area contributed by atoms with Gasteiger partial charge in [0.1, 0.15) is 11.0 Å². The van der Waals surface area contributed by atoms with Crippen LogP contribution in [0.2, 0.25) is 6.04 Å². The van der Waals surface area contributed by atoms with E-state index in [0.717, 1.165) is 35.5 Å². The van der Waals surface area contributed by atoms with E-state index in [4.69, 9.17) is 13.3 Å². The Balaban J connectivity index is 1.62. The van der Waals surface area contributed by atoms with Gasteiger partial charge >= 0.3 is 8.80 Å². The fourth-order valence-corrected chi connectivity index (χ4v) is 4.49. The van der Waals surface area contributed by atoms with Crippen molar-refractivity contribution in [2.45, 2.75) is 38.1 Å². The fraction of sp³-hybridized carbons (Fsp3) is 0.529. The number of allylic oxidation sites excluding steroid dienone is 1. The Morgan fingerprint density at radius 3 is 2.42 bits per heavy atom. The maximum absolute atomic E-state index is 5.43. The lowest BCUT2D eigenvalue weighted by atomic mass is 10.1. The van der Waals surface area contributed by atoms with Crippen LogP contribution in [0.1, 0.15) is 37.7 Å². The third-order valence-corrected chi connectivity index (χ3v) is 7.02. The van der Waals surface area contributed by atoms with Crippen molar-refractivity contribution in [2.75, 3.05) is 21.3 Å². The van der Waals surface area contributed by atoms with Crippen LogP contribution in [-0.4, -0.2) is 45.5 Å². The summed E-state index contributed by atoms with van der Waals surface area (Å²) >= 11 is 0. The lowest BCUT2D eigenvalue weighted by Gasteiger charge is -2.24. The average Bonchev–Trinajstić information content (AvgIpc) is 3.09. The van der Waals surface area contributed by atoms with E-state index in [-0.39, 0.29) is 0 Å². The van der Waals surface area contributed by atoms with Crippen LogP contribution in [0.4, 0.5) is 0 Å². The number of nitrogens with zero attached hydrogens (tertiary/aromatic N) is 2. The highest BCUT2D eigenvalue weighted by Crippen LogP contribution is 2.18. The highest BCUT2D eigenvalue weighted by atomic mass is 28.4. The molecule has 0 aliphatic rings. The van der Waals surface area contributed by atoms with Gasteiger partial charge in [-0.15, -0.1) is 0 Å². The molecule has 1 heterocycles. The Hall–Kier alpha value is -1.54. The largest absolute Gasteiger partial charge is 0.500 e. The zero-order valence-electron chi connectivity index (χ0n) is 14.7. The summed E-state index contributed by atoms with van der Waals surface area (Å²) in [6.45, 7) is 0. The molecule has 0 aliphatic carbocycles. The first kappa shape index (κ1) is 18.8. The first-order valence-corrected chi connectivity index (χ1v) is 10.3. The second kappa shape index (κ2) is 9.68. The summed E-state index contributed by atoms with van der Waals surface area (Å²) < 4.78 is 16.3. The first-order valence-electron chi connectivity index (χ1n) is 8.35. The highest BCUT2D eigenvalue weighted by Gasteiger charge is 2.36. The molecule has 0 fully saturated rings. The molecule has 0 saturated heterocycles. The number of benzene rings is 1. The molecule has 7 heteroatoms. The van der Waals surface area contributed by atoms with Gasteiger partial charge < -0.3 is 13.3 Å². The molecule has 0 atom stereocenters. The smallest absolute Gasteiger partial charge is 0.377 e. The molecule has 2 aromatic rings. The molecular weight excluding hydrogens is 322 g/mol. The van der Waals surface area contributed by atoms with Crippen molar-refractivity contribution in [3.63, 3.8) is 0 Å². The minimum absolute atomic E-state index is 0.879. The number of hydrogen-bond donors (Lipinski definition) is 1. The van der Waals surface area contributed by atoms with Crippen molar-refractivity contribution >= 4 is 25.9 Å². The predicted molar refractivity (Wildman–Crippen MR) is 97.6 cm³/mol. The molecule has 0 bridgehead atoms. The number of fused-ring (bicyclic) bond motifs is 1. The van der Waals surface area contributed by atoms with Gasteiger partial charge in [0.2, 0.25) is 0 Å². The SMILES string of the molecule is CO[Si](CCCCCC/C=C/c1ccc2n[nH]nc2c1)(OC)OC. The molecule has 0 unspecified atom stereocenters. The number of nitrogens with one attached hydrogen (secondary N) is 1. The topological polar surface area (TPSA) is 69.3 Å². The molecule has 1 aromatic carbocycles. The van der Waals surface area contributed by atoms with E-state index >= 15 is 0 Å². The molecule has 0 radical (unpaired) electrons. The number of aromatic nitrogens is 3. The van der Waals surface area contributed by atoms with Gasteiger partial charge in [-0.25, -0.2) is 0 Å². The molecular formula is C17H27N3O3Si. The molecule has 1 N–H and O–H groups in total. The molecule has 2 rings (SSSR count). The van der Waals surface area contributed by atoms with Crippen LogP contribution in [0.25, 0.3) is 17.1 Å². The van der Waals surface area contributed by atoms with Gasteiger partial charge in [-0.05, 0) is 37.0 Å². The molecule has 0 spiro atoms. The van der Waals surface area contributed by atoms with E-state index in [1.54, 1.807) is 21.3 Å². The van der Waals surface area contributed by atoms with Crippen molar-refractivity contribution in [1.82, 2.24) is 15.4 Å². The maximum Gasteiger partial charge on any atom is 0.500 e. The van der Waals surface area contributed by atoms with Crippen LogP contribution in [0, 0.1) is 0 Å². The summed E-state index contributed by atoms with van der Waals surface area (Å²) in [4.78, 5) is 0. The molecule has 132 valence electrons. The summed E-state index contributed by atoms with van der Waals surface area (Å²) in [5.41, 5.74) is 2.96. The Bertz CT molecular complexity index is 633. The summed E-state index contributed by atoms with van der Waals surface area (Å²) in [7, 11) is 2.62. The molecule has 0 amide bonds. The van der Waals surface area contributed by atoms with Crippen LogP contribution in [0.3, 0.4) is 0 Å². The average molecular weight is 350 g/mol. The number of rotatable bonds is 11. The van der Waals surface area contributed by atoms with Crippen LogP contribution in [-0.2, 0) is 13.3 Å². The summed E-state index contributed by atoms with van der Waals surface area (Å²) in [6, 6.07) is 6.96. The highest BCUT2D eigenvalue weighted by molar-refractivity contribution is 6.60. The zero-order valence-corrected chi connectivity index (χ0v) is 15.7. The zero-order chi connectivity index (χ0) is 17.3. The van der Waals surface area contributed by atoms with Gasteiger partial charge in [0, 0.05) is 27.4 Å². The minimum Gasteiger partial charge on any atom is -0.377 e. The van der Waals surface area contributed by atoms with Crippen LogP contribution >= 0.6 is 0 Å². The normalized spacial score (nSPS) is 12.5. The van der Waals surface area contributed by atoms with E-state index in [1.807, 2.05) is 12.1 Å². The van der Waals surface area contributed by atoms with Crippen molar-refractivity contribution < 1.29 is 13.3 Å². The van der Waals surface area contributed by atoms with E-state index in [2.05, 4.69) is 33.6 Å². The Morgan fingerprint density at radius 1 is 0.958 bits per heavy atom. The molecule has 1 aromatic heterocycles. The van der Waals surface area contributed by atoms with Gasteiger partial charge in [-0.3, -0.25) is 0 Å². The van der Waals surface area contributed by atoms with Gasteiger partial charge in [-0.1, -0.05) is 31.1 Å². The summed E-state index contributed by atoms with van der Waals surface area (Å²) in [5, 5.41) is 10.8. The quantitative estimate of drug-likeness (QED) is 0.493. The molecule has 24 heavy (non-hydrogen) atoms. The van der Waals surface area contributed by atoms with Gasteiger partial charge in [0.15, 0.2) is 0 Å². The van der Waals surface area contributed by atoms with Crippen molar-refractivity contribution in [1.29, 1.82) is 0 Å². The van der Waals surface area contributed by atoms with E-state index in [1.165, 1.54) is 19.3 Å². The van der Waals surface area contributed by atoms with Gasteiger partial charge in [0.05, 0.1) is 0 Å². The van der Waals surface area contributed by atoms with E-state index in [9.17, 15) is 0 Å². The van der Waals surface area contributed by atoms with Crippen molar-refractivity contribution in [3.8, 4) is 0 Å². The Kier molecular flexibility index (Phi) is 7.58. The second-order valence-electron chi connectivity index (χ2n) is 5.72. The monoisotopic (exact) mass is 349 g/mol. The number of hydrogen-bond acceptors (Lipinski definition) is 5. The minimum atomic E-state index is -2.38. The fourth-order valence-electron chi connectivity index (χ4n) is 2.69. The first-order chi connectivity index (χ1) is 11.7. The molecule has 0 aliphatic heterocycles. The van der Waals surface area contributed by atoms with Gasteiger partial charge in [-0.2, -0.15) is 15.4 Å². The number of H-pyrrole nitrogens is 1. The lowest BCUT2D eigenvalue weighted by Crippen LogP contribution is -2.42. The molecule has 6 nitrogen and oxygen atoms in total. The third-order valence-electron chi connectivity index (χ3n) is 4.19. The second-order valence-corrected chi connectivity index (χ2v) is 8.81. The Morgan fingerprint density at radius 2 is 1.67 bits per heavy atom. The van der Waals surface area contributed by atoms with Crippen LogP contribution in [0.15, 0.2) is 24.3 Å². The van der Waals surface area contributed by atoms with E-state index < -0.39 is 8.80 Å². The summed E-state index contributed by atoms with van der Waals surface area (Å²) in [6.07, 6.45) is 10.1. The van der Waals surface area contributed by atoms with Crippen molar-refractivity contribution in [2.24, 2.45) is 0 Å². The number of unbranched alkanes of at least 4 members (excludes halogenated alkanes) is 4. The van der Waals surface area contributed by atoms with Gasteiger partial charge in [0.25, 0.3) is 0 Å². The van der Waals surface area contributed by atoms with E-state index in [0.29, 0.717) is 0 Å². The van der Waals surface area contributed by atoms with Crippen LogP contribution < -0.4 is 0 Å². The van der Waals surface area contributed by atoms with Crippen LogP contribution in [0.5, 0.6) is 0 Å². The summed E-state index contributed by atoms with van der Waals surface area (Å²) in [5.74, 6) is 0. The Labute approximate surface area is 144 Å². The van der Waals surface area contributed by atoms with Crippen molar-refractivity contribution in [3.05, 3.63) is 29.8 Å². The lowest BCUT2D eigenvalue weighted by molar-refractivity contribution is 0.122.